The van der Waals surface area contributed by atoms with Gasteiger partial charge in [-0.3, -0.25) is 9.59 Å². The van der Waals surface area contributed by atoms with E-state index in [-0.39, 0.29) is 31.0 Å². The lowest BCUT2D eigenvalue weighted by Gasteiger charge is -2.19. The van der Waals surface area contributed by atoms with Crippen molar-refractivity contribution in [3.8, 4) is 0 Å². The van der Waals surface area contributed by atoms with Gasteiger partial charge in [-0.05, 0) is 38.0 Å². The Labute approximate surface area is 106 Å². The first-order valence-corrected chi connectivity index (χ1v) is 6.67. The Morgan fingerprint density at radius 2 is 1.78 bits per heavy atom. The molecule has 0 radical (unpaired) electrons. The van der Waals surface area contributed by atoms with Gasteiger partial charge in [0.05, 0.1) is 6.10 Å². The van der Waals surface area contributed by atoms with Crippen molar-refractivity contribution in [2.24, 2.45) is 11.8 Å². The highest BCUT2D eigenvalue weighted by molar-refractivity contribution is 5.71. The summed E-state index contributed by atoms with van der Waals surface area (Å²) in [6.07, 6.45) is 3.71. The first kappa shape index (κ1) is 13.3. The van der Waals surface area contributed by atoms with E-state index in [9.17, 15) is 14.7 Å². The largest absolute Gasteiger partial charge is 0.481 e. The average Bonchev–Trinajstić information content (AvgIpc) is 2.83. The van der Waals surface area contributed by atoms with Crippen LogP contribution < -0.4 is 0 Å². The maximum absolute atomic E-state index is 11.6. The first-order chi connectivity index (χ1) is 8.58. The van der Waals surface area contributed by atoms with Gasteiger partial charge in [-0.15, -0.1) is 0 Å². The maximum atomic E-state index is 11.6. The Kier molecular flexibility index (Phi) is 4.22. The topological polar surface area (TPSA) is 83.8 Å². The van der Waals surface area contributed by atoms with Gasteiger partial charge in [0.2, 0.25) is 0 Å². The molecule has 0 spiro atoms. The third-order valence-corrected chi connectivity index (χ3v) is 4.16. The third kappa shape index (κ3) is 3.02. The van der Waals surface area contributed by atoms with E-state index in [1.165, 1.54) is 0 Å². The van der Waals surface area contributed by atoms with Crippen molar-refractivity contribution >= 4 is 11.9 Å². The van der Waals surface area contributed by atoms with Gasteiger partial charge >= 0.3 is 11.9 Å². The molecule has 0 heterocycles. The van der Waals surface area contributed by atoms with Crippen molar-refractivity contribution in [3.63, 3.8) is 0 Å². The normalized spacial score (nSPS) is 34.3. The molecule has 0 aromatic heterocycles. The van der Waals surface area contributed by atoms with Crippen LogP contribution in [0.4, 0.5) is 0 Å². The summed E-state index contributed by atoms with van der Waals surface area (Å²) in [4.78, 5) is 21.9. The summed E-state index contributed by atoms with van der Waals surface area (Å²) >= 11 is 0. The molecule has 2 saturated carbocycles. The summed E-state index contributed by atoms with van der Waals surface area (Å²) in [7, 11) is 0. The third-order valence-electron chi connectivity index (χ3n) is 4.16. The molecule has 0 aromatic carbocycles. The number of aliphatic hydroxyl groups excluding tert-OH is 1. The van der Waals surface area contributed by atoms with Crippen molar-refractivity contribution in [2.45, 2.75) is 57.2 Å². The lowest BCUT2D eigenvalue weighted by molar-refractivity contribution is -0.151. The molecule has 2 aliphatic carbocycles. The lowest BCUT2D eigenvalue weighted by atomic mass is 9.98. The van der Waals surface area contributed by atoms with Crippen LogP contribution in [0, 0.1) is 11.8 Å². The minimum atomic E-state index is -0.886. The number of hydrogen-bond acceptors (Lipinski definition) is 4. The molecule has 2 fully saturated rings. The monoisotopic (exact) mass is 256 g/mol. The predicted octanol–water partition coefficient (Wildman–Crippen LogP) is 1.33. The summed E-state index contributed by atoms with van der Waals surface area (Å²) in [5.74, 6) is -0.587. The fourth-order valence-corrected chi connectivity index (χ4v) is 3.27. The number of carbonyl (C=O) groups is 2. The number of esters is 1. The van der Waals surface area contributed by atoms with Crippen LogP contribution in [0.5, 0.6) is 0 Å². The molecule has 0 amide bonds. The molecule has 2 N–H and O–H groups in total. The fraction of sp³-hybridized carbons (Fsp3) is 0.846. The maximum Gasteiger partial charge on any atom is 0.306 e. The van der Waals surface area contributed by atoms with Crippen molar-refractivity contribution in [1.82, 2.24) is 0 Å². The minimum Gasteiger partial charge on any atom is -0.481 e. The molecular formula is C13H20O5. The SMILES string of the molecule is O=C(O)CCCC(=O)O[C@H]1CC[C@H]2[C@@H]1CC[C@@H]2O. The highest BCUT2D eigenvalue weighted by Gasteiger charge is 2.45. The Bertz CT molecular complexity index is 327. The molecule has 102 valence electrons. The number of carbonyl (C=O) groups excluding carboxylic acids is 1. The van der Waals surface area contributed by atoms with Crippen molar-refractivity contribution in [2.75, 3.05) is 0 Å². The van der Waals surface area contributed by atoms with Gasteiger partial charge in [0.1, 0.15) is 6.10 Å². The number of aliphatic carboxylic acids is 1. The molecule has 2 rings (SSSR count). The van der Waals surface area contributed by atoms with Gasteiger partial charge in [-0.25, -0.2) is 0 Å². The molecular weight excluding hydrogens is 236 g/mol. The second kappa shape index (κ2) is 5.69. The van der Waals surface area contributed by atoms with E-state index in [1.807, 2.05) is 0 Å². The lowest BCUT2D eigenvalue weighted by Crippen LogP contribution is -2.24. The van der Waals surface area contributed by atoms with Crippen LogP contribution in [0.2, 0.25) is 0 Å². The van der Waals surface area contributed by atoms with E-state index in [1.54, 1.807) is 0 Å². The molecule has 0 bridgehead atoms. The minimum absolute atomic E-state index is 0.00450. The van der Waals surface area contributed by atoms with Gasteiger partial charge in [0, 0.05) is 18.8 Å². The molecule has 4 atom stereocenters. The quantitative estimate of drug-likeness (QED) is 0.725. The van der Waals surface area contributed by atoms with Crippen molar-refractivity contribution in [3.05, 3.63) is 0 Å². The number of carboxylic acids is 1. The predicted molar refractivity (Wildman–Crippen MR) is 62.8 cm³/mol. The number of hydrogen-bond donors (Lipinski definition) is 2. The average molecular weight is 256 g/mol. The van der Waals surface area contributed by atoms with Crippen LogP contribution >= 0.6 is 0 Å². The highest BCUT2D eigenvalue weighted by Crippen LogP contribution is 2.45. The van der Waals surface area contributed by atoms with Gasteiger partial charge in [-0.2, -0.15) is 0 Å². The van der Waals surface area contributed by atoms with E-state index in [4.69, 9.17) is 9.84 Å². The molecule has 18 heavy (non-hydrogen) atoms. The number of ether oxygens (including phenoxy) is 1. The summed E-state index contributed by atoms with van der Waals surface area (Å²) in [6, 6.07) is 0. The number of carboxylic acid groups (broad SMARTS) is 1. The summed E-state index contributed by atoms with van der Waals surface area (Å²) < 4.78 is 5.41. The van der Waals surface area contributed by atoms with Crippen LogP contribution in [0.15, 0.2) is 0 Å². The van der Waals surface area contributed by atoms with Crippen molar-refractivity contribution < 1.29 is 24.5 Å². The van der Waals surface area contributed by atoms with Crippen LogP contribution in [0.1, 0.15) is 44.9 Å². The van der Waals surface area contributed by atoms with Crippen LogP contribution in [-0.4, -0.2) is 34.4 Å². The van der Waals surface area contributed by atoms with Crippen LogP contribution in [0.25, 0.3) is 0 Å². The zero-order valence-electron chi connectivity index (χ0n) is 10.4. The van der Waals surface area contributed by atoms with Crippen molar-refractivity contribution in [1.29, 1.82) is 0 Å². The standard InChI is InChI=1S/C13H20O5/c14-10-6-4-9-8(10)5-7-11(9)18-13(17)3-1-2-12(15)16/h8-11,14H,1-7H2,(H,15,16)/t8-,9-,10-,11-/m0/s1. The first-order valence-electron chi connectivity index (χ1n) is 6.67. The Morgan fingerprint density at radius 3 is 2.50 bits per heavy atom. The summed E-state index contributed by atoms with van der Waals surface area (Å²) in [6.45, 7) is 0. The Hall–Kier alpha value is -1.10. The number of aliphatic hydroxyl groups is 1. The fourth-order valence-electron chi connectivity index (χ4n) is 3.27. The molecule has 2 aliphatic rings. The molecule has 0 saturated heterocycles. The summed E-state index contributed by atoms with van der Waals surface area (Å²) in [5, 5.41) is 18.2. The van der Waals surface area contributed by atoms with Crippen LogP contribution in [-0.2, 0) is 14.3 Å². The molecule has 0 aromatic rings. The highest BCUT2D eigenvalue weighted by atomic mass is 16.5. The number of rotatable bonds is 5. The molecule has 0 aliphatic heterocycles. The zero-order valence-corrected chi connectivity index (χ0v) is 10.4. The smallest absolute Gasteiger partial charge is 0.306 e. The van der Waals surface area contributed by atoms with E-state index in [0.717, 1.165) is 25.7 Å². The molecule has 0 unspecified atom stereocenters. The number of fused-ring (bicyclic) bond motifs is 1. The molecule has 5 nitrogen and oxygen atoms in total. The van der Waals surface area contributed by atoms with Gasteiger partial charge in [0.25, 0.3) is 0 Å². The van der Waals surface area contributed by atoms with Gasteiger partial charge in [0.15, 0.2) is 0 Å². The Morgan fingerprint density at radius 1 is 1.06 bits per heavy atom. The van der Waals surface area contributed by atoms with E-state index < -0.39 is 5.97 Å². The van der Waals surface area contributed by atoms with E-state index >= 15 is 0 Å². The second-order valence-electron chi connectivity index (χ2n) is 5.33. The molecule has 5 heteroatoms. The Balaban J connectivity index is 1.73. The summed E-state index contributed by atoms with van der Waals surface area (Å²) in [5.41, 5.74) is 0. The van der Waals surface area contributed by atoms with Crippen LogP contribution in [0.3, 0.4) is 0 Å². The zero-order chi connectivity index (χ0) is 13.1. The van der Waals surface area contributed by atoms with Gasteiger partial charge in [-0.1, -0.05) is 0 Å². The second-order valence-corrected chi connectivity index (χ2v) is 5.33. The van der Waals surface area contributed by atoms with Gasteiger partial charge < -0.3 is 14.9 Å². The van der Waals surface area contributed by atoms with E-state index in [2.05, 4.69) is 0 Å². The van der Waals surface area contributed by atoms with E-state index in [0.29, 0.717) is 18.3 Å².